The van der Waals surface area contributed by atoms with Gasteiger partial charge in [0.15, 0.2) is 0 Å². The molecule has 8 heteroatoms. The summed E-state index contributed by atoms with van der Waals surface area (Å²) in [4.78, 5) is 16.9. The third-order valence-electron chi connectivity index (χ3n) is 5.36. The Morgan fingerprint density at radius 2 is 1.70 bits per heavy atom. The molecule has 1 aliphatic rings. The Balaban J connectivity index is 1.42. The molecule has 7 nitrogen and oxygen atoms in total. The number of hydrogen-bond donors (Lipinski definition) is 1. The maximum absolute atomic E-state index is 12.6. The standard InChI is InChI=1S/C22H24N4O3S/c1-17(18-4-8-20(9-5-18)25-15-12-23-16-25)24-22(27)19-6-10-21(11-7-19)30(28,29)26-13-2-3-14-26/h4-12,15-17H,2-3,13-14H2,1H3,(H,24,27)/t17-/m1/s1. The van der Waals surface area contributed by atoms with E-state index < -0.39 is 10.0 Å². The summed E-state index contributed by atoms with van der Waals surface area (Å²) in [5, 5.41) is 2.96. The van der Waals surface area contributed by atoms with E-state index >= 15 is 0 Å². The topological polar surface area (TPSA) is 84.3 Å². The zero-order valence-electron chi connectivity index (χ0n) is 16.7. The Morgan fingerprint density at radius 1 is 1.03 bits per heavy atom. The lowest BCUT2D eigenvalue weighted by molar-refractivity contribution is 0.0940. The number of nitrogens with one attached hydrogen (secondary N) is 1. The summed E-state index contributed by atoms with van der Waals surface area (Å²) in [5.74, 6) is -0.244. The Bertz CT molecular complexity index is 1100. The molecule has 0 spiro atoms. The highest BCUT2D eigenvalue weighted by molar-refractivity contribution is 7.89. The fourth-order valence-corrected chi connectivity index (χ4v) is 5.08. The van der Waals surface area contributed by atoms with E-state index in [1.54, 1.807) is 24.7 Å². The van der Waals surface area contributed by atoms with E-state index in [9.17, 15) is 13.2 Å². The number of nitrogens with zero attached hydrogens (tertiary/aromatic N) is 3. The Hall–Kier alpha value is -2.97. The molecule has 1 aliphatic heterocycles. The molecule has 2 heterocycles. The van der Waals surface area contributed by atoms with Gasteiger partial charge in [-0.15, -0.1) is 0 Å². The van der Waals surface area contributed by atoms with E-state index in [1.807, 2.05) is 42.0 Å². The zero-order valence-corrected chi connectivity index (χ0v) is 17.5. The highest BCUT2D eigenvalue weighted by Gasteiger charge is 2.27. The SMILES string of the molecule is C[C@@H](NC(=O)c1ccc(S(=O)(=O)N2CCCC2)cc1)c1ccc(-n2ccnc2)cc1. The number of carbonyl (C=O) groups excluding carboxylic acids is 1. The molecule has 3 aromatic rings. The van der Waals surface area contributed by atoms with Gasteiger partial charge in [0, 0.05) is 36.7 Å². The fourth-order valence-electron chi connectivity index (χ4n) is 3.57. The van der Waals surface area contributed by atoms with Gasteiger partial charge in [0.25, 0.3) is 5.91 Å². The molecule has 0 bridgehead atoms. The van der Waals surface area contributed by atoms with Crippen molar-refractivity contribution in [3.05, 3.63) is 78.4 Å². The molecular weight excluding hydrogens is 400 g/mol. The van der Waals surface area contributed by atoms with Gasteiger partial charge in [-0.3, -0.25) is 4.79 Å². The van der Waals surface area contributed by atoms with Crippen molar-refractivity contribution in [2.75, 3.05) is 13.1 Å². The van der Waals surface area contributed by atoms with Gasteiger partial charge < -0.3 is 9.88 Å². The van der Waals surface area contributed by atoms with Crippen LogP contribution in [0, 0.1) is 0 Å². The highest BCUT2D eigenvalue weighted by Crippen LogP contribution is 2.21. The van der Waals surface area contributed by atoms with Crippen LogP contribution in [0.1, 0.15) is 41.7 Å². The van der Waals surface area contributed by atoms with Crippen LogP contribution in [0.2, 0.25) is 0 Å². The Morgan fingerprint density at radius 3 is 2.30 bits per heavy atom. The molecule has 1 atom stereocenters. The first-order valence-corrected chi connectivity index (χ1v) is 11.4. The first-order chi connectivity index (χ1) is 14.4. The van der Waals surface area contributed by atoms with E-state index in [0.717, 1.165) is 24.1 Å². The summed E-state index contributed by atoms with van der Waals surface area (Å²) in [6.45, 7) is 3.03. The van der Waals surface area contributed by atoms with Crippen LogP contribution in [0.15, 0.2) is 72.1 Å². The molecule has 4 rings (SSSR count). The minimum absolute atomic E-state index is 0.192. The molecule has 30 heavy (non-hydrogen) atoms. The number of sulfonamides is 1. The maximum atomic E-state index is 12.6. The number of carbonyl (C=O) groups is 1. The summed E-state index contributed by atoms with van der Waals surface area (Å²) in [7, 11) is -3.47. The molecule has 0 unspecified atom stereocenters. The third kappa shape index (κ3) is 4.15. The van der Waals surface area contributed by atoms with E-state index in [4.69, 9.17) is 0 Å². The van der Waals surface area contributed by atoms with Crippen LogP contribution in [0.4, 0.5) is 0 Å². The molecule has 1 saturated heterocycles. The Labute approximate surface area is 176 Å². The third-order valence-corrected chi connectivity index (χ3v) is 7.28. The Kier molecular flexibility index (Phi) is 5.69. The predicted molar refractivity (Wildman–Crippen MR) is 114 cm³/mol. The number of aromatic nitrogens is 2. The van der Waals surface area contributed by atoms with Crippen molar-refractivity contribution in [2.24, 2.45) is 0 Å². The fraction of sp³-hybridized carbons (Fsp3) is 0.273. The van der Waals surface area contributed by atoms with Crippen LogP contribution >= 0.6 is 0 Å². The largest absolute Gasteiger partial charge is 0.346 e. The first kappa shape index (κ1) is 20.3. The second-order valence-electron chi connectivity index (χ2n) is 7.39. The molecule has 1 N–H and O–H groups in total. The lowest BCUT2D eigenvalue weighted by Crippen LogP contribution is -2.28. The highest BCUT2D eigenvalue weighted by atomic mass is 32.2. The minimum atomic E-state index is -3.47. The maximum Gasteiger partial charge on any atom is 0.251 e. The summed E-state index contributed by atoms with van der Waals surface area (Å²) < 4.78 is 28.6. The number of benzene rings is 2. The smallest absolute Gasteiger partial charge is 0.251 e. The molecular formula is C22H24N4O3S. The summed E-state index contributed by atoms with van der Waals surface area (Å²) in [6, 6.07) is 13.8. The summed E-state index contributed by atoms with van der Waals surface area (Å²) in [5.41, 5.74) is 2.39. The number of imidazole rings is 1. The zero-order chi connectivity index (χ0) is 21.1. The summed E-state index contributed by atoms with van der Waals surface area (Å²) >= 11 is 0. The van der Waals surface area contributed by atoms with Crippen molar-refractivity contribution < 1.29 is 13.2 Å². The van der Waals surface area contributed by atoms with Crippen molar-refractivity contribution in [1.29, 1.82) is 0 Å². The molecule has 0 saturated carbocycles. The second-order valence-corrected chi connectivity index (χ2v) is 9.33. The average molecular weight is 425 g/mol. The van der Waals surface area contributed by atoms with Gasteiger partial charge in [0.05, 0.1) is 17.3 Å². The van der Waals surface area contributed by atoms with E-state index in [-0.39, 0.29) is 16.8 Å². The second kappa shape index (κ2) is 8.41. The van der Waals surface area contributed by atoms with Crippen LogP contribution in [0.25, 0.3) is 5.69 Å². The van der Waals surface area contributed by atoms with Gasteiger partial charge in [-0.2, -0.15) is 4.31 Å². The molecule has 156 valence electrons. The first-order valence-electron chi connectivity index (χ1n) is 9.94. The lowest BCUT2D eigenvalue weighted by atomic mass is 10.1. The minimum Gasteiger partial charge on any atom is -0.346 e. The van der Waals surface area contributed by atoms with Crippen LogP contribution in [0.5, 0.6) is 0 Å². The van der Waals surface area contributed by atoms with Gasteiger partial charge in [0.2, 0.25) is 10.0 Å². The van der Waals surface area contributed by atoms with Crippen LogP contribution in [-0.2, 0) is 10.0 Å². The van der Waals surface area contributed by atoms with Crippen molar-refractivity contribution in [3.8, 4) is 5.69 Å². The van der Waals surface area contributed by atoms with Crippen LogP contribution in [0.3, 0.4) is 0 Å². The van der Waals surface area contributed by atoms with E-state index in [2.05, 4.69) is 10.3 Å². The molecule has 0 radical (unpaired) electrons. The number of rotatable bonds is 6. The van der Waals surface area contributed by atoms with Crippen LogP contribution in [-0.4, -0.2) is 41.3 Å². The molecule has 0 aliphatic carbocycles. The summed E-state index contributed by atoms with van der Waals surface area (Å²) in [6.07, 6.45) is 7.10. The quantitative estimate of drug-likeness (QED) is 0.659. The van der Waals surface area contributed by atoms with Crippen molar-refractivity contribution in [2.45, 2.75) is 30.7 Å². The molecule has 1 aromatic heterocycles. The van der Waals surface area contributed by atoms with E-state index in [1.165, 1.54) is 16.4 Å². The average Bonchev–Trinajstić information content (AvgIpc) is 3.48. The normalized spacial score (nSPS) is 15.8. The lowest BCUT2D eigenvalue weighted by Gasteiger charge is -2.17. The van der Waals surface area contributed by atoms with Crippen molar-refractivity contribution >= 4 is 15.9 Å². The van der Waals surface area contributed by atoms with Crippen LogP contribution < -0.4 is 5.32 Å². The number of amides is 1. The monoisotopic (exact) mass is 424 g/mol. The van der Waals surface area contributed by atoms with E-state index in [0.29, 0.717) is 18.7 Å². The van der Waals surface area contributed by atoms with Crippen molar-refractivity contribution in [1.82, 2.24) is 19.2 Å². The molecule has 2 aromatic carbocycles. The molecule has 1 fully saturated rings. The van der Waals surface area contributed by atoms with Gasteiger partial charge in [0.1, 0.15) is 0 Å². The van der Waals surface area contributed by atoms with Crippen molar-refractivity contribution in [3.63, 3.8) is 0 Å². The van der Waals surface area contributed by atoms with Gasteiger partial charge in [-0.25, -0.2) is 13.4 Å². The van der Waals surface area contributed by atoms with Gasteiger partial charge in [-0.05, 0) is 61.7 Å². The van der Waals surface area contributed by atoms with Gasteiger partial charge >= 0.3 is 0 Å². The van der Waals surface area contributed by atoms with Gasteiger partial charge in [-0.1, -0.05) is 12.1 Å². The number of hydrogen-bond acceptors (Lipinski definition) is 4. The predicted octanol–water partition coefficient (Wildman–Crippen LogP) is 3.15. The molecule has 1 amide bonds.